The molecule has 1 aromatic heterocycles. The Balaban J connectivity index is 2.45. The molecule has 29 nitrogen and oxygen atoms in total. The summed E-state index contributed by atoms with van der Waals surface area (Å²) >= 11 is 0. The highest BCUT2D eigenvalue weighted by molar-refractivity contribution is 5.99. The number of aromatic amines is 1. The summed E-state index contributed by atoms with van der Waals surface area (Å²) in [6.07, 6.45) is -2.50. The molecule has 29 heteroatoms. The first kappa shape index (κ1) is 63.1. The molecule has 2 aromatic rings. The fraction of sp³-hybridized carbons (Fsp3) is 0.543. The van der Waals surface area contributed by atoms with E-state index in [-0.39, 0.29) is 37.3 Å². The molecule has 18 N–H and O–H groups in total. The maximum atomic E-state index is 14.3. The van der Waals surface area contributed by atoms with Crippen LogP contribution in [0, 0.1) is 11.8 Å². The number of carbonyl (C=O) groups excluding carboxylic acids is 9. The Morgan fingerprint density at radius 1 is 0.587 bits per heavy atom. The first-order valence-electron chi connectivity index (χ1n) is 23.6. The monoisotopic (exact) mass is 1060 g/mol. The van der Waals surface area contributed by atoms with E-state index in [4.69, 9.17) is 16.6 Å². The molecule has 2 rings (SSSR count). The molecule has 10 atom stereocenters. The largest absolute Gasteiger partial charge is 0.481 e. The minimum absolute atomic E-state index is 0.00499. The van der Waals surface area contributed by atoms with Crippen LogP contribution in [0.4, 0.5) is 0 Å². The van der Waals surface area contributed by atoms with Gasteiger partial charge in [-0.1, -0.05) is 58.0 Å². The van der Waals surface area contributed by atoms with Gasteiger partial charge >= 0.3 is 17.9 Å². The van der Waals surface area contributed by atoms with Gasteiger partial charge < -0.3 is 84.5 Å². The summed E-state index contributed by atoms with van der Waals surface area (Å²) in [5, 5.41) is 66.9. The molecule has 0 spiro atoms. The highest BCUT2D eigenvalue weighted by Gasteiger charge is 2.37. The number of nitrogens with two attached hydrogens (primary N) is 2. The summed E-state index contributed by atoms with van der Waals surface area (Å²) in [5.74, 6) is -15.4. The minimum atomic E-state index is -1.95. The number of rotatable bonds is 33. The van der Waals surface area contributed by atoms with E-state index in [9.17, 15) is 78.0 Å². The van der Waals surface area contributed by atoms with E-state index in [2.05, 4.69) is 52.5 Å². The quantitative estimate of drug-likeness (QED) is 0.0318. The number of aliphatic hydroxyl groups excluding tert-OH is 2. The second kappa shape index (κ2) is 30.9. The Hall–Kier alpha value is -8.05. The lowest BCUT2D eigenvalue weighted by atomic mass is 10.0. The van der Waals surface area contributed by atoms with Gasteiger partial charge in [0.2, 0.25) is 53.2 Å². The minimum Gasteiger partial charge on any atom is -0.481 e. The molecule has 9 amide bonds. The maximum absolute atomic E-state index is 14.3. The third-order valence-electron chi connectivity index (χ3n) is 11.0. The molecule has 0 saturated heterocycles. The van der Waals surface area contributed by atoms with Crippen molar-refractivity contribution in [3.05, 3.63) is 54.1 Å². The molecule has 0 saturated carbocycles. The molecule has 0 radical (unpaired) electrons. The van der Waals surface area contributed by atoms with Gasteiger partial charge in [0.15, 0.2) is 0 Å². The first-order valence-corrected chi connectivity index (χ1v) is 23.6. The number of aromatic nitrogens is 2. The van der Waals surface area contributed by atoms with Gasteiger partial charge in [0.25, 0.3) is 0 Å². The lowest BCUT2D eigenvalue weighted by Crippen LogP contribution is -2.62. The topological polar surface area (TPSA) is 483 Å². The van der Waals surface area contributed by atoms with Crippen molar-refractivity contribution in [2.75, 3.05) is 6.61 Å². The predicted molar refractivity (Wildman–Crippen MR) is 259 cm³/mol. The molecular formula is C46H68N12O17. The van der Waals surface area contributed by atoms with Crippen LogP contribution in [-0.2, 0) is 70.4 Å². The van der Waals surface area contributed by atoms with Crippen molar-refractivity contribution in [2.24, 2.45) is 23.3 Å². The average Bonchev–Trinajstić information content (AvgIpc) is 3.84. The van der Waals surface area contributed by atoms with E-state index >= 15 is 0 Å². The standard InChI is InChI=1S/C46H68N12O17/c1-21(2)13-31(46(74)75)55-43(71)32(19-59)56-41(69)29(16-33(48)61)52-39(67)27(14-24-9-7-6-8-10-24)51-40(68)28(15-25-18-49-20-50-25)53-44(72)36(22(3)4)57-42(70)30(17-35(64)65)54-45(73)37(23(5)60)58-38(66)26(47)11-12-34(62)63/h6-10,18,20-23,26-32,36-37,59-60H,11-17,19,47H2,1-5H3,(H2,48,61)(H,49,50)(H,51,68)(H,52,67)(H,53,72)(H,54,73)(H,55,71)(H,56,69)(H,57,70)(H,58,66)(H,62,63)(H,64,65)(H,74,75)/t23-,26+,27+,28+,29+,30+,31+,32+,36+,37+/m1/s1. The number of benzene rings is 1. The van der Waals surface area contributed by atoms with Crippen LogP contribution in [0.15, 0.2) is 42.9 Å². The number of aliphatic hydroxyl groups is 2. The number of H-pyrrole nitrogens is 1. The molecule has 75 heavy (non-hydrogen) atoms. The van der Waals surface area contributed by atoms with Crippen LogP contribution in [0.2, 0.25) is 0 Å². The van der Waals surface area contributed by atoms with E-state index in [1.54, 1.807) is 44.2 Å². The van der Waals surface area contributed by atoms with E-state index in [1.807, 2.05) is 0 Å². The van der Waals surface area contributed by atoms with Crippen molar-refractivity contribution in [3.8, 4) is 0 Å². The Bertz CT molecular complexity index is 2320. The number of imidazole rings is 1. The van der Waals surface area contributed by atoms with Gasteiger partial charge in [0.1, 0.15) is 48.3 Å². The molecule has 0 bridgehead atoms. The fourth-order valence-corrected chi connectivity index (χ4v) is 7.04. The second-order valence-electron chi connectivity index (χ2n) is 18.3. The van der Waals surface area contributed by atoms with E-state index in [0.29, 0.717) is 5.56 Å². The van der Waals surface area contributed by atoms with Crippen molar-refractivity contribution >= 4 is 71.1 Å². The zero-order valence-electron chi connectivity index (χ0n) is 41.9. The smallest absolute Gasteiger partial charge is 0.326 e. The molecule has 0 unspecified atom stereocenters. The third-order valence-corrected chi connectivity index (χ3v) is 11.0. The SMILES string of the molecule is CC(C)C[C@H](NC(=O)[C@H](CO)NC(=O)[C@H](CC(N)=O)NC(=O)[C@H](Cc1ccccc1)NC(=O)[C@H](Cc1cnc[nH]1)NC(=O)[C@@H](NC(=O)[C@H](CC(=O)O)NC(=O)[C@@H](NC(=O)[C@@H](N)CCC(=O)O)[C@@H](C)O)C(C)C)C(=O)O. The summed E-state index contributed by atoms with van der Waals surface area (Å²) in [5.41, 5.74) is 11.9. The van der Waals surface area contributed by atoms with Crippen LogP contribution in [-0.4, -0.2) is 174 Å². The van der Waals surface area contributed by atoms with E-state index in [0.717, 1.165) is 6.92 Å². The number of nitrogens with zero attached hydrogens (tertiary/aromatic N) is 1. The number of carboxylic acids is 3. The number of amides is 9. The van der Waals surface area contributed by atoms with Gasteiger partial charge in [-0.25, -0.2) is 9.78 Å². The highest BCUT2D eigenvalue weighted by Crippen LogP contribution is 2.11. The molecule has 0 aliphatic heterocycles. The molecular weight excluding hydrogens is 993 g/mol. The van der Waals surface area contributed by atoms with Crippen molar-refractivity contribution in [1.29, 1.82) is 0 Å². The number of hydrogen-bond acceptors (Lipinski definition) is 16. The molecule has 0 aliphatic rings. The Labute approximate surface area is 429 Å². The van der Waals surface area contributed by atoms with Gasteiger partial charge in [0, 0.05) is 31.2 Å². The second-order valence-corrected chi connectivity index (χ2v) is 18.3. The first-order chi connectivity index (χ1) is 35.1. The lowest BCUT2D eigenvalue weighted by Gasteiger charge is -2.29. The zero-order valence-corrected chi connectivity index (χ0v) is 41.9. The van der Waals surface area contributed by atoms with Crippen LogP contribution in [0.1, 0.15) is 78.0 Å². The highest BCUT2D eigenvalue weighted by atomic mass is 16.4. The van der Waals surface area contributed by atoms with Gasteiger partial charge in [-0.05, 0) is 37.2 Å². The number of carboxylic acid groups (broad SMARTS) is 3. The van der Waals surface area contributed by atoms with Crippen LogP contribution in [0.25, 0.3) is 0 Å². The Morgan fingerprint density at radius 3 is 1.57 bits per heavy atom. The maximum Gasteiger partial charge on any atom is 0.326 e. The lowest BCUT2D eigenvalue weighted by molar-refractivity contribution is -0.143. The molecule has 414 valence electrons. The number of hydrogen-bond donors (Lipinski definition) is 16. The van der Waals surface area contributed by atoms with Gasteiger partial charge in [0.05, 0.1) is 37.9 Å². The number of primary amides is 1. The average molecular weight is 1060 g/mol. The van der Waals surface area contributed by atoms with Crippen molar-refractivity contribution in [3.63, 3.8) is 0 Å². The van der Waals surface area contributed by atoms with Gasteiger partial charge in [-0.3, -0.25) is 52.7 Å². The summed E-state index contributed by atoms with van der Waals surface area (Å²) in [7, 11) is 0. The predicted octanol–water partition coefficient (Wildman–Crippen LogP) is -5.22. The van der Waals surface area contributed by atoms with Crippen LogP contribution < -0.4 is 54.0 Å². The molecule has 0 aliphatic carbocycles. The number of aliphatic carboxylic acids is 3. The molecule has 1 aromatic carbocycles. The summed E-state index contributed by atoms with van der Waals surface area (Å²) in [6.45, 7) is 6.39. The zero-order chi connectivity index (χ0) is 56.7. The summed E-state index contributed by atoms with van der Waals surface area (Å²) < 4.78 is 0. The number of nitrogens with one attached hydrogen (secondary N) is 9. The summed E-state index contributed by atoms with van der Waals surface area (Å²) in [6, 6.07) is -6.92. The third kappa shape index (κ3) is 22.3. The van der Waals surface area contributed by atoms with Crippen LogP contribution in [0.3, 0.4) is 0 Å². The Kier molecular flexibility index (Phi) is 25.9. The van der Waals surface area contributed by atoms with Gasteiger partial charge in [-0.2, -0.15) is 0 Å². The number of carbonyl (C=O) groups is 12. The van der Waals surface area contributed by atoms with Crippen molar-refractivity contribution in [1.82, 2.24) is 52.5 Å². The normalized spacial score (nSPS) is 15.1. The van der Waals surface area contributed by atoms with Crippen molar-refractivity contribution in [2.45, 2.75) is 140 Å². The molecule has 0 fully saturated rings. The van der Waals surface area contributed by atoms with Crippen molar-refractivity contribution < 1.29 is 83.1 Å². The van der Waals surface area contributed by atoms with E-state index < -0.39 is 163 Å². The van der Waals surface area contributed by atoms with Crippen LogP contribution in [0.5, 0.6) is 0 Å². The molecule has 1 heterocycles. The summed E-state index contributed by atoms with van der Waals surface area (Å²) in [4.78, 5) is 163. The van der Waals surface area contributed by atoms with E-state index in [1.165, 1.54) is 26.4 Å². The van der Waals surface area contributed by atoms with Crippen LogP contribution >= 0.6 is 0 Å². The Morgan fingerprint density at radius 2 is 1.07 bits per heavy atom. The fourth-order valence-electron chi connectivity index (χ4n) is 7.04. The van der Waals surface area contributed by atoms with Gasteiger partial charge in [-0.15, -0.1) is 0 Å².